The third-order valence-corrected chi connectivity index (χ3v) is 5.84. The maximum absolute atomic E-state index is 13.5. The van der Waals surface area contributed by atoms with E-state index in [2.05, 4.69) is 23.8 Å². The highest BCUT2D eigenvalue weighted by atomic mass is 32.5. The van der Waals surface area contributed by atoms with Crippen molar-refractivity contribution >= 4 is 28.4 Å². The molecule has 0 bridgehead atoms. The van der Waals surface area contributed by atoms with Crippen molar-refractivity contribution in [3.8, 4) is 5.75 Å². The number of alkyl halides is 3. The van der Waals surface area contributed by atoms with Crippen molar-refractivity contribution in [2.45, 2.75) is 30.4 Å². The molecule has 0 N–H and O–H groups in total. The second-order valence-electron chi connectivity index (χ2n) is 7.86. The number of halogens is 8. The topological polar surface area (TPSA) is 127 Å². The van der Waals surface area contributed by atoms with E-state index in [1.54, 1.807) is 0 Å². The van der Waals surface area contributed by atoms with Gasteiger partial charge in [0.25, 0.3) is 5.09 Å². The van der Waals surface area contributed by atoms with Crippen molar-refractivity contribution in [1.82, 2.24) is 4.90 Å². The van der Waals surface area contributed by atoms with E-state index < -0.39 is 67.8 Å². The van der Waals surface area contributed by atoms with E-state index in [0.717, 1.165) is 6.92 Å². The van der Waals surface area contributed by atoms with Gasteiger partial charge in [-0.15, -0.1) is 10.1 Å². The lowest BCUT2D eigenvalue weighted by atomic mass is 10.0. The number of hydrogen-bond donors (Lipinski definition) is 0. The molecule has 0 aromatic heterocycles. The van der Waals surface area contributed by atoms with Crippen LogP contribution in [0, 0.1) is 10.1 Å². The number of ether oxygens (including phenoxy) is 4. The predicted molar refractivity (Wildman–Crippen MR) is 115 cm³/mol. The highest BCUT2D eigenvalue weighted by Crippen LogP contribution is 3.02. The highest BCUT2D eigenvalue weighted by molar-refractivity contribution is 8.45. The maximum Gasteiger partial charge on any atom is 0.511 e. The third kappa shape index (κ3) is 9.61. The molecule has 1 aromatic rings. The Morgan fingerprint density at radius 2 is 1.74 bits per heavy atom. The average Bonchev–Trinajstić information content (AvgIpc) is 2.75. The molecule has 1 aliphatic heterocycles. The van der Waals surface area contributed by atoms with E-state index in [9.17, 15) is 52.3 Å². The van der Waals surface area contributed by atoms with E-state index in [0.29, 0.717) is 0 Å². The lowest BCUT2D eigenvalue weighted by Gasteiger charge is -2.41. The number of esters is 1. The third-order valence-electron chi connectivity index (χ3n) is 4.70. The van der Waals surface area contributed by atoms with E-state index >= 15 is 0 Å². The Morgan fingerprint density at radius 3 is 2.31 bits per heavy atom. The molecule has 0 amide bonds. The van der Waals surface area contributed by atoms with Crippen LogP contribution in [0.15, 0.2) is 28.7 Å². The molecule has 0 saturated heterocycles. The molecule has 1 heterocycles. The minimum atomic E-state index is -10.2. The molecule has 2 rings (SSSR count). The highest BCUT2D eigenvalue weighted by Gasteiger charge is 2.65. The molecule has 20 heteroatoms. The van der Waals surface area contributed by atoms with Gasteiger partial charge in [-0.2, -0.15) is 13.2 Å². The van der Waals surface area contributed by atoms with Crippen LogP contribution in [0.1, 0.15) is 12.5 Å². The minimum Gasteiger partial charge on any atom is -0.475 e. The Bertz CT molecular complexity index is 1150. The monoisotopic (exact) mass is 604 g/mol. The van der Waals surface area contributed by atoms with Crippen LogP contribution in [0.2, 0.25) is 0 Å². The zero-order valence-electron chi connectivity index (χ0n) is 19.8. The zero-order valence-corrected chi connectivity index (χ0v) is 20.6. The van der Waals surface area contributed by atoms with Crippen LogP contribution >= 0.6 is 10.2 Å². The van der Waals surface area contributed by atoms with Crippen molar-refractivity contribution in [2.24, 2.45) is 0 Å². The van der Waals surface area contributed by atoms with Crippen LogP contribution in [-0.4, -0.2) is 74.0 Å². The summed E-state index contributed by atoms with van der Waals surface area (Å²) in [6.45, 7) is 0.424. The smallest absolute Gasteiger partial charge is 0.475 e. The summed E-state index contributed by atoms with van der Waals surface area (Å²) < 4.78 is 124. The summed E-state index contributed by atoms with van der Waals surface area (Å²) in [5.41, 5.74) is -2.31. The Hall–Kier alpha value is -3.55. The lowest BCUT2D eigenvalue weighted by Crippen LogP contribution is -2.41. The fraction of sp³-hybridized carbons (Fsp3) is 0.474. The molecule has 0 aliphatic carbocycles. The van der Waals surface area contributed by atoms with Gasteiger partial charge in [0.05, 0.1) is 5.57 Å². The largest absolute Gasteiger partial charge is 0.511 e. The molecular weight excluding hydrogens is 584 g/mol. The summed E-state index contributed by atoms with van der Waals surface area (Å²) in [6.07, 6.45) is -11.4. The van der Waals surface area contributed by atoms with Gasteiger partial charge in [0.2, 0.25) is 12.4 Å². The summed E-state index contributed by atoms with van der Waals surface area (Å²) in [7, 11) is -8.72. The molecule has 2 atom stereocenters. The quantitative estimate of drug-likeness (QED) is 0.109. The minimum absolute atomic E-state index is 0.0438. The van der Waals surface area contributed by atoms with Crippen molar-refractivity contribution in [3.63, 3.8) is 0 Å². The molecule has 1 aromatic carbocycles. The molecule has 11 nitrogen and oxygen atoms in total. The van der Waals surface area contributed by atoms with Crippen LogP contribution in [0.3, 0.4) is 0 Å². The fourth-order valence-corrected chi connectivity index (χ4v) is 3.58. The first-order chi connectivity index (χ1) is 17.6. The Balaban J connectivity index is 2.07. The number of carbonyl (C=O) groups is 2. The maximum atomic E-state index is 13.5. The summed E-state index contributed by atoms with van der Waals surface area (Å²) in [6, 6.07) is -0.0618. The first kappa shape index (κ1) is 31.7. The van der Waals surface area contributed by atoms with Gasteiger partial charge in [0, 0.05) is 25.6 Å². The number of hydrogen-bond acceptors (Lipinski definition) is 10. The number of carbonyl (C=O) groups excluding carboxylic acids is 2. The van der Waals surface area contributed by atoms with Gasteiger partial charge in [-0.3, -0.25) is 0 Å². The molecule has 2 unspecified atom stereocenters. The van der Waals surface area contributed by atoms with Gasteiger partial charge >= 0.3 is 28.5 Å². The summed E-state index contributed by atoms with van der Waals surface area (Å²) in [5.74, 6) is -2.70. The second kappa shape index (κ2) is 10.5. The molecule has 0 radical (unpaired) electrons. The lowest BCUT2D eigenvalue weighted by molar-refractivity contribution is -0.757. The Morgan fingerprint density at radius 1 is 1.13 bits per heavy atom. The zero-order chi connectivity index (χ0) is 29.9. The van der Waals surface area contributed by atoms with Crippen molar-refractivity contribution in [2.75, 3.05) is 33.4 Å². The van der Waals surface area contributed by atoms with Crippen LogP contribution in [0.5, 0.6) is 5.75 Å². The number of fused-ring (bicyclic) bond motifs is 1. The van der Waals surface area contributed by atoms with E-state index in [1.165, 1.54) is 11.9 Å². The van der Waals surface area contributed by atoms with Crippen molar-refractivity contribution < 1.29 is 71.1 Å². The van der Waals surface area contributed by atoms with Crippen molar-refractivity contribution in [1.29, 1.82) is 0 Å². The first-order valence-electron chi connectivity index (χ1n) is 10.4. The normalized spacial score (nSPS) is 17.9. The van der Waals surface area contributed by atoms with E-state index in [4.69, 9.17) is 0 Å². The molecule has 0 fully saturated rings. The number of rotatable bonds is 11. The van der Waals surface area contributed by atoms with Gasteiger partial charge in [-0.05, 0) is 31.3 Å². The number of benzene rings is 1. The summed E-state index contributed by atoms with van der Waals surface area (Å²) in [5, 5.41) is 9.06. The van der Waals surface area contributed by atoms with Gasteiger partial charge < -0.3 is 28.7 Å². The molecule has 0 spiro atoms. The number of nitrogens with zero attached hydrogens (tertiary/aromatic N) is 2. The fourth-order valence-electron chi connectivity index (χ4n) is 2.91. The number of likely N-dealkylation sites (N-methyl/N-ethyl adjacent to an activating group) is 1. The molecular formula is C19H20F8N2O9S. The molecule has 1 aliphatic rings. The molecule has 39 heavy (non-hydrogen) atoms. The van der Waals surface area contributed by atoms with Crippen LogP contribution in [0.4, 0.5) is 37.4 Å². The van der Waals surface area contributed by atoms with Crippen molar-refractivity contribution in [3.05, 3.63) is 39.4 Å². The first-order valence-corrected chi connectivity index (χ1v) is 12.4. The molecule has 222 valence electrons. The van der Waals surface area contributed by atoms with Crippen LogP contribution in [0.25, 0.3) is 6.08 Å². The summed E-state index contributed by atoms with van der Waals surface area (Å²) >= 11 is 0. The summed E-state index contributed by atoms with van der Waals surface area (Å²) in [4.78, 5) is 37.3. The SMILES string of the molecule is CC(OC(=O)OCCN(C)CCO[N+](=O)[O-])OC(=O)C1=Cc2cc(S(F)(F)(F)(F)F)ccc2OC1C(F)(F)F. The van der Waals surface area contributed by atoms with Crippen LogP contribution < -0.4 is 4.74 Å². The van der Waals surface area contributed by atoms with Crippen LogP contribution in [-0.2, 0) is 23.8 Å². The van der Waals surface area contributed by atoms with Gasteiger partial charge in [0.1, 0.15) is 23.9 Å². The van der Waals surface area contributed by atoms with Gasteiger partial charge in [0.15, 0.2) is 0 Å². The van der Waals surface area contributed by atoms with E-state index in [-0.39, 0.29) is 50.6 Å². The standard InChI is InChI=1S/C19H20F8N2O9S/c1-11(37-18(31)34-7-5-28(2)6-8-35-29(32)33)36-17(30)14-10-12-9-13(39(23,24,25,26)27)3-4-15(12)38-16(14)19(20,21)22/h3-4,9-11,16H,5-8H2,1-2H3. The second-order valence-corrected chi connectivity index (χ2v) is 10.3. The average molecular weight is 604 g/mol. The van der Waals surface area contributed by atoms with Gasteiger partial charge in [-0.25, -0.2) is 9.59 Å². The Labute approximate surface area is 214 Å². The van der Waals surface area contributed by atoms with Gasteiger partial charge in [-0.1, -0.05) is 19.4 Å². The predicted octanol–water partition coefficient (Wildman–Crippen LogP) is 5.23. The molecule has 0 saturated carbocycles. The Kier molecular flexibility index (Phi) is 8.56. The van der Waals surface area contributed by atoms with E-state index in [1.807, 2.05) is 0 Å².